The van der Waals surface area contributed by atoms with E-state index in [0.717, 1.165) is 43.7 Å². The van der Waals surface area contributed by atoms with E-state index >= 15 is 0 Å². The van der Waals surface area contributed by atoms with Gasteiger partial charge in [-0.15, -0.1) is 12.4 Å². The molecule has 1 heterocycles. The van der Waals surface area contributed by atoms with Crippen molar-refractivity contribution in [2.24, 2.45) is 17.6 Å². The molecule has 0 aliphatic carbocycles. The Morgan fingerprint density at radius 1 is 1.07 bits per heavy atom. The lowest BCUT2D eigenvalue weighted by Crippen LogP contribution is -2.42. The number of nitrogens with two attached hydrogens (primary N) is 1. The van der Waals surface area contributed by atoms with E-state index < -0.39 is 0 Å². The zero-order chi connectivity index (χ0) is 19.1. The number of halogens is 1. The number of ether oxygens (including phenoxy) is 1. The Morgan fingerprint density at radius 3 is 2.25 bits per heavy atom. The smallest absolute Gasteiger partial charge is 0.227 e. The molecule has 0 radical (unpaired) electrons. The van der Waals surface area contributed by atoms with Crippen LogP contribution < -0.4 is 5.73 Å². The quantitative estimate of drug-likeness (QED) is 0.755. The molecule has 2 aromatic rings. The van der Waals surface area contributed by atoms with Crippen LogP contribution >= 0.6 is 12.4 Å². The van der Waals surface area contributed by atoms with E-state index in [2.05, 4.69) is 12.1 Å². The maximum Gasteiger partial charge on any atom is 0.227 e. The second-order valence-corrected chi connectivity index (χ2v) is 7.49. The van der Waals surface area contributed by atoms with Gasteiger partial charge in [0.25, 0.3) is 0 Å². The summed E-state index contributed by atoms with van der Waals surface area (Å²) >= 11 is 0. The Labute approximate surface area is 174 Å². The van der Waals surface area contributed by atoms with Gasteiger partial charge < -0.3 is 15.4 Å². The summed E-state index contributed by atoms with van der Waals surface area (Å²) in [6.07, 6.45) is 2.02. The maximum atomic E-state index is 13.4. The van der Waals surface area contributed by atoms with Crippen LogP contribution in [0.4, 0.5) is 0 Å². The van der Waals surface area contributed by atoms with Gasteiger partial charge in [0, 0.05) is 32.3 Å². The molecule has 0 aromatic heterocycles. The monoisotopic (exact) mass is 402 g/mol. The Bertz CT molecular complexity index is 705. The van der Waals surface area contributed by atoms with Crippen LogP contribution in [0.25, 0.3) is 0 Å². The number of carbonyl (C=O) groups excluding carboxylic acids is 1. The summed E-state index contributed by atoms with van der Waals surface area (Å²) in [6.45, 7) is 4.92. The second-order valence-electron chi connectivity index (χ2n) is 7.49. The van der Waals surface area contributed by atoms with Crippen molar-refractivity contribution in [3.8, 4) is 0 Å². The third kappa shape index (κ3) is 6.06. The Kier molecular flexibility index (Phi) is 8.97. The van der Waals surface area contributed by atoms with Gasteiger partial charge in [-0.1, -0.05) is 67.6 Å². The minimum absolute atomic E-state index is 0. The SMILES string of the molecule is CC(C(=O)N(Cc1ccccc1)CC1CCOCC1)C(N)c1ccccc1.Cl. The molecule has 1 aliphatic rings. The number of carbonyl (C=O) groups is 1. The molecule has 1 amide bonds. The van der Waals surface area contributed by atoms with Gasteiger partial charge in [0.15, 0.2) is 0 Å². The summed E-state index contributed by atoms with van der Waals surface area (Å²) in [5, 5.41) is 0. The Hall–Kier alpha value is -1.88. The topological polar surface area (TPSA) is 55.6 Å². The fourth-order valence-corrected chi connectivity index (χ4v) is 3.68. The molecule has 2 aromatic carbocycles. The summed E-state index contributed by atoms with van der Waals surface area (Å²) in [7, 11) is 0. The standard InChI is InChI=1S/C23H30N2O2.ClH/c1-18(22(24)21-10-6-3-7-11-21)23(26)25(16-19-8-4-2-5-9-19)17-20-12-14-27-15-13-20;/h2-11,18,20,22H,12-17,24H2,1H3;1H. The third-order valence-electron chi connectivity index (χ3n) is 5.46. The van der Waals surface area contributed by atoms with Crippen LogP contribution in [-0.4, -0.2) is 30.6 Å². The number of hydrogen-bond donors (Lipinski definition) is 1. The summed E-state index contributed by atoms with van der Waals surface area (Å²) in [4.78, 5) is 15.3. The normalized spacial score (nSPS) is 16.6. The van der Waals surface area contributed by atoms with E-state index in [-0.39, 0.29) is 30.3 Å². The summed E-state index contributed by atoms with van der Waals surface area (Å²) in [5.74, 6) is 0.351. The molecule has 1 fully saturated rings. The summed E-state index contributed by atoms with van der Waals surface area (Å²) in [6, 6.07) is 19.8. The molecule has 1 saturated heterocycles. The minimum atomic E-state index is -0.299. The Morgan fingerprint density at radius 2 is 1.64 bits per heavy atom. The number of nitrogens with zero attached hydrogens (tertiary/aromatic N) is 1. The third-order valence-corrected chi connectivity index (χ3v) is 5.46. The first kappa shape index (κ1) is 22.4. The lowest BCUT2D eigenvalue weighted by molar-refractivity contribution is -0.137. The molecular formula is C23H31ClN2O2. The van der Waals surface area contributed by atoms with Crippen LogP contribution in [0.1, 0.15) is 36.9 Å². The molecule has 5 heteroatoms. The van der Waals surface area contributed by atoms with Crippen molar-refractivity contribution in [3.05, 3.63) is 71.8 Å². The average molecular weight is 403 g/mol. The van der Waals surface area contributed by atoms with Crippen molar-refractivity contribution in [1.82, 2.24) is 4.90 Å². The largest absolute Gasteiger partial charge is 0.381 e. The van der Waals surface area contributed by atoms with Crippen LogP contribution in [0.15, 0.2) is 60.7 Å². The zero-order valence-electron chi connectivity index (χ0n) is 16.5. The van der Waals surface area contributed by atoms with Crippen molar-refractivity contribution < 1.29 is 9.53 Å². The highest BCUT2D eigenvalue weighted by molar-refractivity contribution is 5.85. The fraction of sp³-hybridized carbons (Fsp3) is 0.435. The van der Waals surface area contributed by atoms with Crippen molar-refractivity contribution in [2.45, 2.75) is 32.4 Å². The van der Waals surface area contributed by atoms with Gasteiger partial charge in [-0.05, 0) is 29.9 Å². The van der Waals surface area contributed by atoms with E-state index in [1.165, 1.54) is 0 Å². The van der Waals surface area contributed by atoms with Crippen molar-refractivity contribution in [1.29, 1.82) is 0 Å². The van der Waals surface area contributed by atoms with Gasteiger partial charge in [0.2, 0.25) is 5.91 Å². The molecule has 2 atom stereocenters. The number of rotatable bonds is 7. The van der Waals surface area contributed by atoms with E-state index in [1.807, 2.05) is 60.4 Å². The zero-order valence-corrected chi connectivity index (χ0v) is 17.3. The van der Waals surface area contributed by atoms with E-state index in [1.54, 1.807) is 0 Å². The van der Waals surface area contributed by atoms with E-state index in [0.29, 0.717) is 12.5 Å². The van der Waals surface area contributed by atoms with Crippen LogP contribution in [0, 0.1) is 11.8 Å². The minimum Gasteiger partial charge on any atom is -0.381 e. The first-order chi connectivity index (χ1) is 13.1. The lowest BCUT2D eigenvalue weighted by Gasteiger charge is -2.33. The second kappa shape index (κ2) is 11.2. The van der Waals surface area contributed by atoms with Gasteiger partial charge in [0.05, 0.1) is 5.92 Å². The molecule has 1 aliphatic heterocycles. The molecule has 0 spiro atoms. The molecule has 2 N–H and O–H groups in total. The Balaban J connectivity index is 0.00000280. The molecular weight excluding hydrogens is 372 g/mol. The molecule has 3 rings (SSSR count). The number of amides is 1. The van der Waals surface area contributed by atoms with Crippen LogP contribution in [-0.2, 0) is 16.1 Å². The van der Waals surface area contributed by atoms with Gasteiger partial charge in [-0.3, -0.25) is 4.79 Å². The molecule has 0 saturated carbocycles. The van der Waals surface area contributed by atoms with E-state index in [9.17, 15) is 4.79 Å². The predicted octanol–water partition coefficient (Wildman–Crippen LogP) is 4.20. The first-order valence-electron chi connectivity index (χ1n) is 9.86. The predicted molar refractivity (Wildman–Crippen MR) is 115 cm³/mol. The summed E-state index contributed by atoms with van der Waals surface area (Å²) < 4.78 is 5.48. The highest BCUT2D eigenvalue weighted by Crippen LogP contribution is 2.24. The van der Waals surface area contributed by atoms with Gasteiger partial charge in [-0.25, -0.2) is 0 Å². The molecule has 2 unspecified atom stereocenters. The van der Waals surface area contributed by atoms with E-state index in [4.69, 9.17) is 10.5 Å². The van der Waals surface area contributed by atoms with Crippen molar-refractivity contribution >= 4 is 18.3 Å². The van der Waals surface area contributed by atoms with Crippen molar-refractivity contribution in [2.75, 3.05) is 19.8 Å². The maximum absolute atomic E-state index is 13.4. The lowest BCUT2D eigenvalue weighted by atomic mass is 9.92. The molecule has 4 nitrogen and oxygen atoms in total. The molecule has 0 bridgehead atoms. The highest BCUT2D eigenvalue weighted by atomic mass is 35.5. The summed E-state index contributed by atoms with van der Waals surface area (Å²) in [5.41, 5.74) is 8.59. The molecule has 28 heavy (non-hydrogen) atoms. The van der Waals surface area contributed by atoms with Crippen LogP contribution in [0.3, 0.4) is 0 Å². The van der Waals surface area contributed by atoms with Gasteiger partial charge in [-0.2, -0.15) is 0 Å². The van der Waals surface area contributed by atoms with Crippen LogP contribution in [0.5, 0.6) is 0 Å². The fourth-order valence-electron chi connectivity index (χ4n) is 3.68. The average Bonchev–Trinajstić information content (AvgIpc) is 2.74. The first-order valence-corrected chi connectivity index (χ1v) is 9.86. The van der Waals surface area contributed by atoms with Crippen LogP contribution in [0.2, 0.25) is 0 Å². The van der Waals surface area contributed by atoms with Gasteiger partial charge in [0.1, 0.15) is 0 Å². The highest BCUT2D eigenvalue weighted by Gasteiger charge is 2.29. The van der Waals surface area contributed by atoms with Gasteiger partial charge >= 0.3 is 0 Å². The number of hydrogen-bond acceptors (Lipinski definition) is 3. The van der Waals surface area contributed by atoms with Crippen molar-refractivity contribution in [3.63, 3.8) is 0 Å². The number of benzene rings is 2. The molecule has 152 valence electrons.